The fourth-order valence-electron chi connectivity index (χ4n) is 3.21. The van der Waals surface area contributed by atoms with Gasteiger partial charge in [-0.25, -0.2) is 0 Å². The molecular weight excluding hydrogens is 510 g/mol. The predicted molar refractivity (Wildman–Crippen MR) is 125 cm³/mol. The van der Waals surface area contributed by atoms with E-state index in [0.717, 1.165) is 24.2 Å². The lowest BCUT2D eigenvalue weighted by molar-refractivity contribution is -0.143. The Hall–Kier alpha value is -3.15. The first kappa shape index (κ1) is 27.4. The minimum absolute atomic E-state index is 0.0775. The fraction of sp³-hybridized carbons (Fsp3) is 0.333. The molecule has 0 saturated heterocycles. The van der Waals surface area contributed by atoms with Crippen LogP contribution in [0.5, 0.6) is 11.5 Å². The summed E-state index contributed by atoms with van der Waals surface area (Å²) in [5, 5.41) is 2.45. The molecule has 0 aliphatic carbocycles. The number of nitrogens with one attached hydrogen (secondary N) is 1. The Kier molecular flexibility index (Phi) is 8.59. The topological polar surface area (TPSA) is 59.9 Å². The summed E-state index contributed by atoms with van der Waals surface area (Å²) >= 11 is 0.936. The number of amidine groups is 1. The quantitative estimate of drug-likeness (QED) is 0.285. The molecule has 0 fully saturated rings. The van der Waals surface area contributed by atoms with Gasteiger partial charge in [0.25, 0.3) is 0 Å². The Morgan fingerprint density at radius 1 is 1.00 bits per heavy atom. The van der Waals surface area contributed by atoms with Gasteiger partial charge in [-0.05, 0) is 54.1 Å². The number of likely N-dealkylation sites (N-methyl/N-ethyl adjacent to an activating group) is 1. The summed E-state index contributed by atoms with van der Waals surface area (Å²) in [6.07, 6.45) is -6.67. The fourth-order valence-corrected chi connectivity index (χ4v) is 3.98. The highest BCUT2D eigenvalue weighted by Crippen LogP contribution is 2.38. The van der Waals surface area contributed by atoms with Crippen LogP contribution in [0.15, 0.2) is 46.3 Å². The van der Waals surface area contributed by atoms with Gasteiger partial charge >= 0.3 is 17.6 Å². The van der Waals surface area contributed by atoms with Gasteiger partial charge in [-0.3, -0.25) is 4.79 Å². The second-order valence-corrected chi connectivity index (χ2v) is 8.64. The first-order valence-electron chi connectivity index (χ1n) is 10.8. The molecular formula is C24H22F6N2O3S. The van der Waals surface area contributed by atoms with Crippen LogP contribution in [0.2, 0.25) is 0 Å². The van der Waals surface area contributed by atoms with Crippen molar-refractivity contribution in [1.82, 2.24) is 5.32 Å². The van der Waals surface area contributed by atoms with Crippen LogP contribution in [-0.4, -0.2) is 24.7 Å². The lowest BCUT2D eigenvalue weighted by Crippen LogP contribution is -2.16. The summed E-state index contributed by atoms with van der Waals surface area (Å²) in [5.41, 5.74) is -2.64. The molecule has 0 bridgehead atoms. The molecule has 36 heavy (non-hydrogen) atoms. The van der Waals surface area contributed by atoms with Gasteiger partial charge in [0.2, 0.25) is 0 Å². The van der Waals surface area contributed by atoms with E-state index in [4.69, 9.17) is 9.47 Å². The monoisotopic (exact) mass is 532 g/mol. The molecule has 12 heteroatoms. The van der Waals surface area contributed by atoms with Crippen molar-refractivity contribution < 1.29 is 40.6 Å². The molecule has 1 aliphatic heterocycles. The first-order valence-corrected chi connectivity index (χ1v) is 11.6. The molecule has 5 nitrogen and oxygen atoms in total. The van der Waals surface area contributed by atoms with E-state index >= 15 is 0 Å². The van der Waals surface area contributed by atoms with Gasteiger partial charge in [0.1, 0.15) is 12.4 Å². The number of carbonyl (C=O) groups is 1. The lowest BCUT2D eigenvalue weighted by Gasteiger charge is -2.18. The van der Waals surface area contributed by atoms with Gasteiger partial charge in [-0.1, -0.05) is 25.5 Å². The molecule has 2 aromatic carbocycles. The molecule has 0 unspecified atom stereocenters. The van der Waals surface area contributed by atoms with E-state index in [9.17, 15) is 31.1 Å². The number of amides is 1. The SMILES string of the molecule is CCCCOc1cc(/C=C2\SC(=O)N=C2NC)ccc1OCc1ccc(C(F)(F)F)cc1C(F)(F)F. The zero-order chi connectivity index (χ0) is 26.5. The maximum Gasteiger partial charge on any atom is 0.416 e. The van der Waals surface area contributed by atoms with Gasteiger partial charge < -0.3 is 14.8 Å². The molecule has 1 amide bonds. The highest BCUT2D eigenvalue weighted by atomic mass is 32.2. The Labute approximate surface area is 207 Å². The molecule has 3 rings (SSSR count). The molecule has 0 spiro atoms. The van der Waals surface area contributed by atoms with Gasteiger partial charge in [0, 0.05) is 12.6 Å². The summed E-state index contributed by atoms with van der Waals surface area (Å²) in [6, 6.07) is 6.13. The Morgan fingerprint density at radius 2 is 1.75 bits per heavy atom. The van der Waals surface area contributed by atoms with Crippen molar-refractivity contribution in [2.24, 2.45) is 4.99 Å². The summed E-state index contributed by atoms with van der Waals surface area (Å²) in [6.45, 7) is 1.65. The largest absolute Gasteiger partial charge is 0.490 e. The average molecular weight is 533 g/mol. The molecule has 1 aliphatic rings. The lowest BCUT2D eigenvalue weighted by atomic mass is 10.0. The summed E-state index contributed by atoms with van der Waals surface area (Å²) in [7, 11) is 1.62. The minimum atomic E-state index is -5.00. The molecule has 0 aromatic heterocycles. The maximum absolute atomic E-state index is 13.5. The van der Waals surface area contributed by atoms with Gasteiger partial charge in [-0.15, -0.1) is 0 Å². The predicted octanol–water partition coefficient (Wildman–Crippen LogP) is 7.31. The number of unbranched alkanes of at least 4 members (excludes halogenated alkanes) is 1. The third-order valence-electron chi connectivity index (χ3n) is 5.02. The van der Waals surface area contributed by atoms with Crippen LogP contribution in [0, 0.1) is 0 Å². The van der Waals surface area contributed by atoms with Crippen LogP contribution >= 0.6 is 11.8 Å². The number of hydrogen-bond acceptors (Lipinski definition) is 5. The van der Waals surface area contributed by atoms with E-state index in [1.807, 2.05) is 6.92 Å². The molecule has 1 N–H and O–H groups in total. The van der Waals surface area contributed by atoms with Crippen molar-refractivity contribution in [3.05, 3.63) is 63.6 Å². The van der Waals surface area contributed by atoms with Crippen molar-refractivity contribution in [2.75, 3.05) is 13.7 Å². The number of hydrogen-bond donors (Lipinski definition) is 1. The zero-order valence-corrected chi connectivity index (χ0v) is 20.0. The number of thioether (sulfide) groups is 1. The number of carbonyl (C=O) groups excluding carboxylic acids is 1. The Balaban J connectivity index is 1.89. The first-order chi connectivity index (χ1) is 16.9. The number of alkyl halides is 6. The van der Waals surface area contributed by atoms with Crippen LogP contribution in [0.1, 0.15) is 42.0 Å². The van der Waals surface area contributed by atoms with E-state index in [2.05, 4.69) is 10.3 Å². The third kappa shape index (κ3) is 6.96. The number of benzene rings is 2. The second kappa shape index (κ2) is 11.3. The standard InChI is InChI=1S/C24H22F6N2O3S/c1-3-4-9-34-19-10-14(11-20-21(31-2)32-22(33)36-20)5-8-18(19)35-13-15-6-7-16(23(25,26)27)12-17(15)24(28,29)30/h5-8,10-12H,3-4,9,13H2,1-2H3,(H,31,32,33)/b20-11-. The Morgan fingerprint density at radius 3 is 2.39 bits per heavy atom. The molecule has 0 radical (unpaired) electrons. The van der Waals surface area contributed by atoms with Crippen LogP contribution in [0.4, 0.5) is 31.1 Å². The van der Waals surface area contributed by atoms with Gasteiger partial charge in [0.15, 0.2) is 11.5 Å². The molecule has 1 heterocycles. The summed E-state index contributed by atoms with van der Waals surface area (Å²) in [5.74, 6) is 0.773. The third-order valence-corrected chi connectivity index (χ3v) is 5.81. The average Bonchev–Trinajstić information content (AvgIpc) is 3.16. The number of aliphatic imine (C=N–C) groups is 1. The molecule has 0 atom stereocenters. The second-order valence-electron chi connectivity index (χ2n) is 7.65. The summed E-state index contributed by atoms with van der Waals surface area (Å²) < 4.78 is 90.6. The van der Waals surface area contributed by atoms with Crippen LogP contribution in [-0.2, 0) is 19.0 Å². The van der Waals surface area contributed by atoms with E-state index in [1.165, 1.54) is 6.07 Å². The molecule has 0 saturated carbocycles. The zero-order valence-electron chi connectivity index (χ0n) is 19.2. The van der Waals surface area contributed by atoms with Crippen LogP contribution in [0.25, 0.3) is 6.08 Å². The number of halogens is 6. The highest BCUT2D eigenvalue weighted by molar-refractivity contribution is 8.18. The number of ether oxygens (including phenoxy) is 2. The van der Waals surface area contributed by atoms with Crippen LogP contribution in [0.3, 0.4) is 0 Å². The van der Waals surface area contributed by atoms with Crippen LogP contribution < -0.4 is 14.8 Å². The van der Waals surface area contributed by atoms with E-state index in [0.29, 0.717) is 35.4 Å². The molecule has 2 aromatic rings. The van der Waals surface area contributed by atoms with E-state index < -0.39 is 35.6 Å². The normalized spacial score (nSPS) is 15.3. The minimum Gasteiger partial charge on any atom is -0.490 e. The maximum atomic E-state index is 13.5. The van der Waals surface area contributed by atoms with Gasteiger partial charge in [0.05, 0.1) is 22.6 Å². The van der Waals surface area contributed by atoms with Crippen molar-refractivity contribution in [3.8, 4) is 11.5 Å². The van der Waals surface area contributed by atoms with E-state index in [-0.39, 0.29) is 22.8 Å². The van der Waals surface area contributed by atoms with Crippen molar-refractivity contribution in [1.29, 1.82) is 0 Å². The Bertz CT molecular complexity index is 1180. The van der Waals surface area contributed by atoms with Crippen molar-refractivity contribution >= 4 is 28.9 Å². The smallest absolute Gasteiger partial charge is 0.416 e. The number of nitrogens with zero attached hydrogens (tertiary/aromatic N) is 1. The molecule has 194 valence electrons. The van der Waals surface area contributed by atoms with Crippen molar-refractivity contribution in [2.45, 2.75) is 38.7 Å². The van der Waals surface area contributed by atoms with E-state index in [1.54, 1.807) is 25.3 Å². The highest BCUT2D eigenvalue weighted by Gasteiger charge is 2.38. The van der Waals surface area contributed by atoms with Gasteiger partial charge in [-0.2, -0.15) is 31.3 Å². The van der Waals surface area contributed by atoms with Crippen molar-refractivity contribution in [3.63, 3.8) is 0 Å². The summed E-state index contributed by atoms with van der Waals surface area (Å²) in [4.78, 5) is 16.0. The number of rotatable bonds is 8.